The zero-order valence-corrected chi connectivity index (χ0v) is 36.0. The number of nitro benzene ring substituents is 1. The molecule has 0 saturated carbocycles. The van der Waals surface area contributed by atoms with Crippen molar-refractivity contribution in [3.8, 4) is 11.5 Å². The van der Waals surface area contributed by atoms with Gasteiger partial charge in [-0.1, -0.05) is 18.2 Å². The lowest BCUT2D eigenvalue weighted by molar-refractivity contribution is -0.384. The minimum atomic E-state index is -4.76. The number of benzene rings is 4. The van der Waals surface area contributed by atoms with Gasteiger partial charge in [-0.15, -0.1) is 0 Å². The van der Waals surface area contributed by atoms with Crippen LogP contribution in [0.25, 0.3) is 0 Å². The molecule has 4 aromatic carbocycles. The first-order valence-corrected chi connectivity index (χ1v) is 22.5. The van der Waals surface area contributed by atoms with E-state index in [-0.39, 0.29) is 104 Å². The van der Waals surface area contributed by atoms with Gasteiger partial charge in [0.2, 0.25) is 20.0 Å². The van der Waals surface area contributed by atoms with Gasteiger partial charge in [0.25, 0.3) is 5.69 Å². The summed E-state index contributed by atoms with van der Waals surface area (Å²) in [7, 11) is -7.88. The third-order valence-electron chi connectivity index (χ3n) is 10.5. The summed E-state index contributed by atoms with van der Waals surface area (Å²) in [5.41, 5.74) is -1.80. The first-order chi connectivity index (χ1) is 30.5. The number of carbonyl (C=O) groups excluding carboxylic acids is 2. The molecule has 2 saturated heterocycles. The van der Waals surface area contributed by atoms with E-state index in [1.165, 1.54) is 10.4 Å². The van der Waals surface area contributed by atoms with Crippen molar-refractivity contribution in [1.29, 1.82) is 0 Å². The van der Waals surface area contributed by atoms with E-state index in [2.05, 4.69) is 0 Å². The zero-order valence-electron chi connectivity index (χ0n) is 34.4. The van der Waals surface area contributed by atoms with Gasteiger partial charge in [0.05, 0.1) is 25.8 Å². The number of esters is 2. The van der Waals surface area contributed by atoms with Crippen molar-refractivity contribution in [2.24, 2.45) is 0 Å². The molecular formula is C41H41F6N5O11S2. The number of non-ortho nitro benzene ring substituents is 1. The minimum Gasteiger partial charge on any atom is -0.482 e. The van der Waals surface area contributed by atoms with Crippen molar-refractivity contribution in [2.45, 2.75) is 42.2 Å². The molecule has 0 atom stereocenters. The Morgan fingerprint density at radius 3 is 1.48 bits per heavy atom. The minimum absolute atomic E-state index is 0.0138. The van der Waals surface area contributed by atoms with Crippen LogP contribution in [0, 0.1) is 17.0 Å². The number of carbonyl (C=O) groups is 2. The molecule has 0 radical (unpaired) electrons. The van der Waals surface area contributed by atoms with Crippen LogP contribution in [0.15, 0.2) is 94.7 Å². The van der Waals surface area contributed by atoms with Gasteiger partial charge >= 0.3 is 24.3 Å². The van der Waals surface area contributed by atoms with Crippen LogP contribution in [0.5, 0.6) is 11.5 Å². The number of hydrogen-bond donors (Lipinski definition) is 0. The Bertz CT molecular complexity index is 2620. The predicted octanol–water partition coefficient (Wildman–Crippen LogP) is 5.48. The summed E-state index contributed by atoms with van der Waals surface area (Å²) >= 11 is 0. The van der Waals surface area contributed by atoms with E-state index in [9.17, 15) is 62.9 Å². The standard InChI is InChI=1S/C41H41F6N5O11S2/c1-28-4-2-3-5-37(28)65(59,60)51-20-16-49(17-21-51)25-30-23-32(41(45,46)47)7-13-36(30)62-27-39(54)63-38(53)26-61-35-12-6-31(40(42,43)44)22-29(35)24-48-14-18-50(19-15-48)64(57,58)34-10-8-33(9-11-34)52(55)56/h2-13,22-23H,14-21,24-27H2,1H3. The Kier molecular flexibility index (Phi) is 14.9. The third kappa shape index (κ3) is 12.2. The maximum atomic E-state index is 13.7. The molecule has 0 aromatic heterocycles. The molecule has 2 heterocycles. The average Bonchev–Trinajstić information content (AvgIpc) is 3.25. The molecule has 0 aliphatic carbocycles. The van der Waals surface area contributed by atoms with E-state index in [0.717, 1.165) is 58.9 Å². The van der Waals surface area contributed by atoms with Crippen molar-refractivity contribution in [2.75, 3.05) is 65.6 Å². The largest absolute Gasteiger partial charge is 0.482 e. The highest BCUT2D eigenvalue weighted by molar-refractivity contribution is 7.89. The van der Waals surface area contributed by atoms with Gasteiger partial charge in [0, 0.05) is 88.7 Å². The lowest BCUT2D eigenvalue weighted by atomic mass is 10.1. The van der Waals surface area contributed by atoms with Crippen LogP contribution in [-0.2, 0) is 59.8 Å². The Morgan fingerprint density at radius 2 is 1.06 bits per heavy atom. The molecule has 2 aliphatic rings. The molecule has 24 heteroatoms. The molecule has 0 spiro atoms. The van der Waals surface area contributed by atoms with Gasteiger partial charge in [0.1, 0.15) is 11.5 Å². The number of nitrogens with zero attached hydrogens (tertiary/aromatic N) is 5. The predicted molar refractivity (Wildman–Crippen MR) is 217 cm³/mol. The van der Waals surface area contributed by atoms with Crippen LogP contribution in [-0.4, -0.2) is 118 Å². The van der Waals surface area contributed by atoms with Gasteiger partial charge in [-0.25, -0.2) is 26.4 Å². The summed E-state index contributed by atoms with van der Waals surface area (Å²) in [6, 6.07) is 15.8. The number of rotatable bonds is 15. The number of sulfonamides is 2. The van der Waals surface area contributed by atoms with Gasteiger partial charge in [-0.05, 0) is 67.1 Å². The lowest BCUT2D eigenvalue weighted by Gasteiger charge is -2.34. The molecule has 0 bridgehead atoms. The maximum Gasteiger partial charge on any atom is 0.416 e. The number of piperazine rings is 2. The molecule has 6 rings (SSSR count). The fraction of sp³-hybridized carbons (Fsp3) is 0.366. The zero-order chi connectivity index (χ0) is 47.3. The molecule has 65 heavy (non-hydrogen) atoms. The molecule has 350 valence electrons. The second-order valence-electron chi connectivity index (χ2n) is 14.9. The van der Waals surface area contributed by atoms with Crippen molar-refractivity contribution in [3.05, 3.63) is 123 Å². The van der Waals surface area contributed by atoms with Gasteiger partial charge in [-0.3, -0.25) is 19.9 Å². The summed E-state index contributed by atoms with van der Waals surface area (Å²) in [5.74, 6) is -2.87. The first-order valence-electron chi connectivity index (χ1n) is 19.7. The van der Waals surface area contributed by atoms with Crippen molar-refractivity contribution >= 4 is 37.7 Å². The van der Waals surface area contributed by atoms with Crippen LogP contribution in [0.4, 0.5) is 32.0 Å². The molecule has 2 fully saturated rings. The Hall–Kier alpha value is -5.66. The van der Waals surface area contributed by atoms with Crippen molar-refractivity contribution < 1.29 is 71.9 Å². The van der Waals surface area contributed by atoms with Gasteiger partial charge in [-0.2, -0.15) is 35.0 Å². The lowest BCUT2D eigenvalue weighted by Crippen LogP contribution is -2.48. The van der Waals surface area contributed by atoms with E-state index in [0.29, 0.717) is 11.6 Å². The monoisotopic (exact) mass is 957 g/mol. The van der Waals surface area contributed by atoms with Crippen LogP contribution < -0.4 is 9.47 Å². The summed E-state index contributed by atoms with van der Waals surface area (Å²) in [6.07, 6.45) is -9.49. The van der Waals surface area contributed by atoms with Gasteiger partial charge < -0.3 is 14.2 Å². The van der Waals surface area contributed by atoms with Crippen LogP contribution in [0.3, 0.4) is 0 Å². The van der Waals surface area contributed by atoms with E-state index >= 15 is 0 Å². The molecule has 2 aliphatic heterocycles. The SMILES string of the molecule is Cc1ccccc1S(=O)(=O)N1CCN(Cc2cc(C(F)(F)F)ccc2OCC(=O)OC(=O)COc2ccc(C(F)(F)F)cc2CN2CCN(S(=O)(=O)c3ccc([N+](=O)[O-])cc3)CC2)CC1. The summed E-state index contributed by atoms with van der Waals surface area (Å²) < 4.78 is 153. The number of hydrogen-bond acceptors (Lipinski definition) is 13. The second kappa shape index (κ2) is 19.8. The average molecular weight is 958 g/mol. The van der Waals surface area contributed by atoms with Crippen LogP contribution in [0.1, 0.15) is 27.8 Å². The summed E-state index contributed by atoms with van der Waals surface area (Å²) in [4.78, 5) is 39.0. The molecule has 4 aromatic rings. The number of halogens is 6. The summed E-state index contributed by atoms with van der Waals surface area (Å²) in [6.45, 7) is -0.128. The highest BCUT2D eigenvalue weighted by Gasteiger charge is 2.35. The first kappa shape index (κ1) is 48.8. The molecule has 0 amide bonds. The normalized spacial score (nSPS) is 16.2. The smallest absolute Gasteiger partial charge is 0.416 e. The highest BCUT2D eigenvalue weighted by atomic mass is 32.2. The number of aryl methyl sites for hydroxylation is 1. The Morgan fingerprint density at radius 1 is 0.631 bits per heavy atom. The van der Waals surface area contributed by atoms with E-state index in [1.807, 2.05) is 0 Å². The summed E-state index contributed by atoms with van der Waals surface area (Å²) in [5, 5.41) is 11.0. The topological polar surface area (TPSA) is 186 Å². The van der Waals surface area contributed by atoms with Gasteiger partial charge in [0.15, 0.2) is 13.2 Å². The molecule has 0 N–H and O–H groups in total. The highest BCUT2D eigenvalue weighted by Crippen LogP contribution is 2.35. The quantitative estimate of drug-likeness (QED) is 0.0480. The van der Waals surface area contributed by atoms with Crippen molar-refractivity contribution in [3.63, 3.8) is 0 Å². The maximum absolute atomic E-state index is 13.7. The number of alkyl halides is 6. The van der Waals surface area contributed by atoms with E-state index < -0.39 is 73.6 Å². The van der Waals surface area contributed by atoms with E-state index in [4.69, 9.17) is 14.2 Å². The number of nitro groups is 1. The van der Waals surface area contributed by atoms with Crippen LogP contribution >= 0.6 is 0 Å². The fourth-order valence-corrected chi connectivity index (χ4v) is 10.2. The van der Waals surface area contributed by atoms with Crippen molar-refractivity contribution in [1.82, 2.24) is 18.4 Å². The molecule has 0 unspecified atom stereocenters. The fourth-order valence-electron chi connectivity index (χ4n) is 7.11. The second-order valence-corrected chi connectivity index (χ2v) is 18.8. The third-order valence-corrected chi connectivity index (χ3v) is 14.5. The number of ether oxygens (including phenoxy) is 3. The van der Waals surface area contributed by atoms with E-state index in [1.54, 1.807) is 34.9 Å². The Labute approximate surface area is 369 Å². The molecule has 16 nitrogen and oxygen atoms in total. The molecular weight excluding hydrogens is 917 g/mol. The Balaban J connectivity index is 1.04. The van der Waals surface area contributed by atoms with Crippen LogP contribution in [0.2, 0.25) is 0 Å².